The highest BCUT2D eigenvalue weighted by molar-refractivity contribution is 5.79. The molecule has 0 saturated carbocycles. The maximum absolute atomic E-state index is 11.7. The lowest BCUT2D eigenvalue weighted by molar-refractivity contribution is -0.137. The molecule has 0 bridgehead atoms. The molecule has 134 valence electrons. The number of hydrogen-bond acceptors (Lipinski definition) is 2. The normalized spacial score (nSPS) is 12.6. The number of aliphatic carboxylic acids is 1. The highest BCUT2D eigenvalue weighted by Gasteiger charge is 2.09. The number of hydrogen-bond donors (Lipinski definition) is 1. The number of carboxylic acids is 1. The maximum Gasteiger partial charge on any atom is 0.303 e. The summed E-state index contributed by atoms with van der Waals surface area (Å²) in [5, 5.41) is 8.57. The van der Waals surface area contributed by atoms with Crippen molar-refractivity contribution in [1.82, 2.24) is 0 Å². The van der Waals surface area contributed by atoms with E-state index in [1.54, 1.807) is 6.92 Å². The number of carbonyl (C=O) groups excluding carboxylic acids is 1. The van der Waals surface area contributed by atoms with Crippen LogP contribution in [0, 0.1) is 5.92 Å². The van der Waals surface area contributed by atoms with Gasteiger partial charge in [-0.15, -0.1) is 0 Å². The minimum Gasteiger partial charge on any atom is -0.481 e. The summed E-state index contributed by atoms with van der Waals surface area (Å²) in [7, 11) is 0. The number of Topliss-reactive ketones (excluding diaryl/α,β-unsaturated/α-hetero) is 1. The molecule has 0 aliphatic rings. The molecule has 0 aromatic rings. The fourth-order valence-corrected chi connectivity index (χ4v) is 2.73. The van der Waals surface area contributed by atoms with Crippen LogP contribution in [-0.2, 0) is 9.59 Å². The maximum atomic E-state index is 11.7. The van der Waals surface area contributed by atoms with Crippen LogP contribution in [0.2, 0.25) is 0 Å². The van der Waals surface area contributed by atoms with Gasteiger partial charge in [-0.3, -0.25) is 9.59 Å². The van der Waals surface area contributed by atoms with Crippen molar-refractivity contribution in [2.45, 2.75) is 97.3 Å². The molecular formula is C20H36O3. The minimum atomic E-state index is -0.707. The molecule has 0 saturated heterocycles. The fourth-order valence-electron chi connectivity index (χ4n) is 2.73. The van der Waals surface area contributed by atoms with Crippen LogP contribution in [0.15, 0.2) is 12.2 Å². The predicted octanol–water partition coefficient (Wildman–Crippen LogP) is 5.92. The molecular weight excluding hydrogens is 288 g/mol. The van der Waals surface area contributed by atoms with Crippen LogP contribution in [0.3, 0.4) is 0 Å². The second-order valence-electron chi connectivity index (χ2n) is 6.55. The van der Waals surface area contributed by atoms with E-state index in [0.29, 0.717) is 0 Å². The molecule has 0 spiro atoms. The number of carboxylic acid groups (broad SMARTS) is 1. The molecule has 0 aliphatic heterocycles. The van der Waals surface area contributed by atoms with Crippen molar-refractivity contribution in [3.8, 4) is 0 Å². The van der Waals surface area contributed by atoms with E-state index in [1.165, 1.54) is 32.1 Å². The smallest absolute Gasteiger partial charge is 0.303 e. The van der Waals surface area contributed by atoms with Crippen LogP contribution in [0.1, 0.15) is 97.3 Å². The first-order valence-electron chi connectivity index (χ1n) is 9.46. The van der Waals surface area contributed by atoms with Gasteiger partial charge in [0, 0.05) is 12.3 Å². The van der Waals surface area contributed by atoms with E-state index in [1.807, 2.05) is 0 Å². The summed E-state index contributed by atoms with van der Waals surface area (Å²) in [6, 6.07) is 0. The Morgan fingerprint density at radius 1 is 0.913 bits per heavy atom. The van der Waals surface area contributed by atoms with Crippen LogP contribution < -0.4 is 0 Å². The summed E-state index contributed by atoms with van der Waals surface area (Å²) in [5.41, 5.74) is 0. The molecule has 3 heteroatoms. The molecule has 0 heterocycles. The quantitative estimate of drug-likeness (QED) is 0.283. The van der Waals surface area contributed by atoms with Crippen LogP contribution in [0.4, 0.5) is 0 Å². The summed E-state index contributed by atoms with van der Waals surface area (Å²) < 4.78 is 0. The van der Waals surface area contributed by atoms with E-state index in [0.717, 1.165) is 44.9 Å². The Morgan fingerprint density at radius 2 is 1.52 bits per heavy atom. The lowest BCUT2D eigenvalue weighted by Gasteiger charge is -2.09. The number of allylic oxidation sites excluding steroid dienone is 2. The van der Waals surface area contributed by atoms with Gasteiger partial charge in [-0.2, -0.15) is 0 Å². The standard InChI is InChI=1S/C20H36O3/c1-3-4-5-6-7-9-12-15-19(18(2)21)16-13-10-8-11-14-17-20(22)23/h12,15,19H,3-11,13-14,16-17H2,1-2H3,(H,22,23)/b15-12+. The summed E-state index contributed by atoms with van der Waals surface area (Å²) in [4.78, 5) is 22.1. The highest BCUT2D eigenvalue weighted by atomic mass is 16.4. The second kappa shape index (κ2) is 15.8. The van der Waals surface area contributed by atoms with Crippen molar-refractivity contribution >= 4 is 11.8 Å². The molecule has 0 aromatic carbocycles. The van der Waals surface area contributed by atoms with Gasteiger partial charge in [-0.25, -0.2) is 0 Å². The molecule has 3 nitrogen and oxygen atoms in total. The largest absolute Gasteiger partial charge is 0.481 e. The van der Waals surface area contributed by atoms with E-state index in [4.69, 9.17) is 5.11 Å². The Labute approximate surface area is 142 Å². The Hall–Kier alpha value is -1.12. The Kier molecular flexibility index (Phi) is 15.0. The fraction of sp³-hybridized carbons (Fsp3) is 0.800. The zero-order chi connectivity index (χ0) is 17.3. The zero-order valence-electron chi connectivity index (χ0n) is 15.2. The van der Waals surface area contributed by atoms with Gasteiger partial charge in [-0.05, 0) is 32.6 Å². The van der Waals surface area contributed by atoms with Gasteiger partial charge in [0.15, 0.2) is 0 Å². The van der Waals surface area contributed by atoms with Crippen LogP contribution >= 0.6 is 0 Å². The SMILES string of the molecule is CCCCCCC/C=C/C(CCCCCCCC(=O)O)C(C)=O. The van der Waals surface area contributed by atoms with E-state index in [9.17, 15) is 9.59 Å². The predicted molar refractivity (Wildman–Crippen MR) is 96.6 cm³/mol. The zero-order valence-corrected chi connectivity index (χ0v) is 15.2. The van der Waals surface area contributed by atoms with E-state index >= 15 is 0 Å². The van der Waals surface area contributed by atoms with E-state index < -0.39 is 5.97 Å². The molecule has 23 heavy (non-hydrogen) atoms. The lowest BCUT2D eigenvalue weighted by Crippen LogP contribution is -2.07. The molecule has 1 atom stereocenters. The van der Waals surface area contributed by atoms with Crippen LogP contribution in [0.25, 0.3) is 0 Å². The van der Waals surface area contributed by atoms with Crippen molar-refractivity contribution < 1.29 is 14.7 Å². The molecule has 0 aromatic heterocycles. The molecule has 0 radical (unpaired) electrons. The van der Waals surface area contributed by atoms with E-state index in [2.05, 4.69) is 19.1 Å². The third-order valence-corrected chi connectivity index (χ3v) is 4.27. The van der Waals surface area contributed by atoms with Crippen LogP contribution in [-0.4, -0.2) is 16.9 Å². The topological polar surface area (TPSA) is 54.4 Å². The molecule has 1 unspecified atom stereocenters. The molecule has 1 N–H and O–H groups in total. The summed E-state index contributed by atoms with van der Waals surface area (Å²) >= 11 is 0. The Morgan fingerprint density at radius 3 is 2.17 bits per heavy atom. The van der Waals surface area contributed by atoms with Gasteiger partial charge >= 0.3 is 5.97 Å². The Balaban J connectivity index is 3.69. The van der Waals surface area contributed by atoms with Crippen molar-refractivity contribution in [1.29, 1.82) is 0 Å². The lowest BCUT2D eigenvalue weighted by atomic mass is 9.96. The summed E-state index contributed by atoms with van der Waals surface area (Å²) in [6.45, 7) is 3.91. The van der Waals surface area contributed by atoms with Crippen LogP contribution in [0.5, 0.6) is 0 Å². The van der Waals surface area contributed by atoms with Crippen molar-refractivity contribution in [2.24, 2.45) is 5.92 Å². The van der Waals surface area contributed by atoms with Crippen molar-refractivity contribution in [3.05, 3.63) is 12.2 Å². The number of ketones is 1. The monoisotopic (exact) mass is 324 g/mol. The summed E-state index contributed by atoms with van der Waals surface area (Å²) in [5.74, 6) is -0.371. The first kappa shape index (κ1) is 21.9. The molecule has 0 fully saturated rings. The third-order valence-electron chi connectivity index (χ3n) is 4.27. The number of unbranched alkanes of at least 4 members (excludes halogenated alkanes) is 9. The summed E-state index contributed by atoms with van der Waals surface area (Å²) in [6.07, 6.45) is 18.0. The van der Waals surface area contributed by atoms with Gasteiger partial charge in [0.2, 0.25) is 0 Å². The molecule has 0 amide bonds. The first-order chi connectivity index (χ1) is 11.1. The molecule has 0 rings (SSSR count). The first-order valence-corrected chi connectivity index (χ1v) is 9.46. The average molecular weight is 325 g/mol. The number of carbonyl (C=O) groups is 2. The highest BCUT2D eigenvalue weighted by Crippen LogP contribution is 2.15. The van der Waals surface area contributed by atoms with Gasteiger partial charge in [-0.1, -0.05) is 70.4 Å². The van der Waals surface area contributed by atoms with Gasteiger partial charge in [0.05, 0.1) is 0 Å². The Bertz CT molecular complexity index is 334. The van der Waals surface area contributed by atoms with Crippen molar-refractivity contribution in [3.63, 3.8) is 0 Å². The van der Waals surface area contributed by atoms with Gasteiger partial charge < -0.3 is 5.11 Å². The number of rotatable bonds is 16. The van der Waals surface area contributed by atoms with Crippen molar-refractivity contribution in [2.75, 3.05) is 0 Å². The van der Waals surface area contributed by atoms with Gasteiger partial charge in [0.1, 0.15) is 5.78 Å². The third kappa shape index (κ3) is 15.5. The second-order valence-corrected chi connectivity index (χ2v) is 6.55. The molecule has 0 aliphatic carbocycles. The van der Waals surface area contributed by atoms with Gasteiger partial charge in [0.25, 0.3) is 0 Å². The van der Waals surface area contributed by atoms with E-state index in [-0.39, 0.29) is 18.1 Å². The minimum absolute atomic E-state index is 0.0738. The average Bonchev–Trinajstić information content (AvgIpc) is 2.50.